The Bertz CT molecular complexity index is 1060. The standard InChI is InChI=1S/C24H25NO2/c1-2-23(18-6-4-3-5-7-18)24(19-8-12-21(26)13-9-19)20-10-14-22(15-11-20)27-17-16-25/h3-15,26H,2,16-17,25H2,1H3/b24-23-/i1D3,2D2. The zero-order chi connectivity index (χ0) is 23.4. The Morgan fingerprint density at radius 2 is 1.56 bits per heavy atom. The Morgan fingerprint density at radius 1 is 0.926 bits per heavy atom. The highest BCUT2D eigenvalue weighted by Gasteiger charge is 2.13. The average molecular weight is 364 g/mol. The third-order valence-corrected chi connectivity index (χ3v) is 4.12. The minimum atomic E-state index is -2.91. The molecule has 0 radical (unpaired) electrons. The summed E-state index contributed by atoms with van der Waals surface area (Å²) >= 11 is 0. The highest BCUT2D eigenvalue weighted by atomic mass is 16.5. The molecule has 3 N–H and O–H groups in total. The van der Waals surface area contributed by atoms with Crippen molar-refractivity contribution in [2.24, 2.45) is 5.73 Å². The number of hydrogen-bond donors (Lipinski definition) is 2. The van der Waals surface area contributed by atoms with Gasteiger partial charge in [-0.1, -0.05) is 61.4 Å². The molecule has 0 aliphatic carbocycles. The van der Waals surface area contributed by atoms with E-state index >= 15 is 0 Å². The van der Waals surface area contributed by atoms with E-state index in [1.807, 2.05) is 0 Å². The van der Waals surface area contributed by atoms with Crippen LogP contribution in [0.3, 0.4) is 0 Å². The predicted octanol–water partition coefficient (Wildman–Crippen LogP) is 5.10. The lowest BCUT2D eigenvalue weighted by molar-refractivity contribution is 0.328. The number of allylic oxidation sites excluding steroid dienone is 1. The minimum Gasteiger partial charge on any atom is -0.508 e. The molecule has 0 bridgehead atoms. The molecular formula is C24H25NO2. The zero-order valence-electron chi connectivity index (χ0n) is 19.9. The van der Waals surface area contributed by atoms with E-state index in [0.717, 1.165) is 0 Å². The molecule has 0 aromatic heterocycles. The molecule has 3 heteroatoms. The first-order chi connectivity index (χ1) is 15.1. The predicted molar refractivity (Wildman–Crippen MR) is 112 cm³/mol. The number of ether oxygens (including phenoxy) is 1. The van der Waals surface area contributed by atoms with Gasteiger partial charge in [0.25, 0.3) is 0 Å². The summed E-state index contributed by atoms with van der Waals surface area (Å²) in [5, 5.41) is 9.77. The van der Waals surface area contributed by atoms with Crippen LogP contribution in [0, 0.1) is 0 Å². The molecule has 0 aliphatic heterocycles. The fourth-order valence-electron chi connectivity index (χ4n) is 2.86. The van der Waals surface area contributed by atoms with E-state index in [1.165, 1.54) is 12.1 Å². The number of hydrogen-bond acceptors (Lipinski definition) is 3. The van der Waals surface area contributed by atoms with E-state index in [0.29, 0.717) is 41.2 Å². The van der Waals surface area contributed by atoms with Crippen molar-refractivity contribution in [3.63, 3.8) is 0 Å². The quantitative estimate of drug-likeness (QED) is 0.574. The van der Waals surface area contributed by atoms with Crippen molar-refractivity contribution < 1.29 is 16.7 Å². The summed E-state index contributed by atoms with van der Waals surface area (Å²) in [5.74, 6) is 0.656. The SMILES string of the molecule is [2H]C([2H])([2H])C([2H])([2H])/C(=C(\c1ccc(O)cc1)c1ccc(OCCN)cc1)c1ccccc1. The van der Waals surface area contributed by atoms with E-state index in [4.69, 9.17) is 17.3 Å². The lowest BCUT2D eigenvalue weighted by Gasteiger charge is -2.17. The van der Waals surface area contributed by atoms with Gasteiger partial charge in [-0.3, -0.25) is 0 Å². The molecule has 3 nitrogen and oxygen atoms in total. The van der Waals surface area contributed by atoms with E-state index in [-0.39, 0.29) is 11.3 Å². The fourth-order valence-corrected chi connectivity index (χ4v) is 2.86. The van der Waals surface area contributed by atoms with Crippen LogP contribution in [0.5, 0.6) is 11.5 Å². The van der Waals surface area contributed by atoms with E-state index in [1.54, 1.807) is 66.7 Å². The van der Waals surface area contributed by atoms with Gasteiger partial charge < -0.3 is 15.6 Å². The summed E-state index contributed by atoms with van der Waals surface area (Å²) in [6, 6.07) is 21.9. The lowest BCUT2D eigenvalue weighted by Crippen LogP contribution is -2.10. The molecule has 0 heterocycles. The molecule has 0 spiro atoms. The molecule has 0 aliphatic rings. The maximum Gasteiger partial charge on any atom is 0.119 e. The van der Waals surface area contributed by atoms with Crippen molar-refractivity contribution in [2.75, 3.05) is 13.2 Å². The molecule has 3 rings (SSSR count). The first kappa shape index (κ1) is 13.2. The molecule has 0 fully saturated rings. The third-order valence-electron chi connectivity index (χ3n) is 4.12. The van der Waals surface area contributed by atoms with Crippen molar-refractivity contribution in [1.82, 2.24) is 0 Å². The van der Waals surface area contributed by atoms with Crippen molar-refractivity contribution in [2.45, 2.75) is 13.2 Å². The molecule has 27 heavy (non-hydrogen) atoms. The third kappa shape index (κ3) is 4.57. The largest absolute Gasteiger partial charge is 0.508 e. The Labute approximate surface area is 167 Å². The van der Waals surface area contributed by atoms with Crippen LogP contribution < -0.4 is 10.5 Å². The topological polar surface area (TPSA) is 55.5 Å². The Morgan fingerprint density at radius 3 is 2.15 bits per heavy atom. The van der Waals surface area contributed by atoms with E-state index in [2.05, 4.69) is 0 Å². The summed E-state index contributed by atoms with van der Waals surface area (Å²) in [6.07, 6.45) is -2.66. The summed E-state index contributed by atoms with van der Waals surface area (Å²) in [4.78, 5) is 0. The second-order valence-electron chi connectivity index (χ2n) is 5.95. The first-order valence-electron chi connectivity index (χ1n) is 11.2. The van der Waals surface area contributed by atoms with Crippen LogP contribution >= 0.6 is 0 Å². The highest BCUT2D eigenvalue weighted by molar-refractivity contribution is 5.98. The normalized spacial score (nSPS) is 15.5. The average Bonchev–Trinajstić information content (AvgIpc) is 2.77. The highest BCUT2D eigenvalue weighted by Crippen LogP contribution is 2.35. The van der Waals surface area contributed by atoms with Gasteiger partial charge in [-0.15, -0.1) is 0 Å². The van der Waals surface area contributed by atoms with Gasteiger partial charge in [0.1, 0.15) is 18.1 Å². The Balaban J connectivity index is 2.34. The van der Waals surface area contributed by atoms with Crippen molar-refractivity contribution in [1.29, 1.82) is 0 Å². The first-order valence-corrected chi connectivity index (χ1v) is 8.68. The van der Waals surface area contributed by atoms with Crippen molar-refractivity contribution >= 4 is 11.1 Å². The number of aromatic hydroxyl groups is 1. The molecule has 0 amide bonds. The maximum atomic E-state index is 9.77. The molecule has 0 saturated heterocycles. The minimum absolute atomic E-state index is 0.0411. The van der Waals surface area contributed by atoms with Gasteiger partial charge in [-0.05, 0) is 58.5 Å². The number of phenols is 1. The number of nitrogens with two attached hydrogens (primary N) is 1. The summed E-state index contributed by atoms with van der Waals surface area (Å²) < 4.78 is 46.6. The molecule has 0 unspecified atom stereocenters. The second-order valence-corrected chi connectivity index (χ2v) is 5.95. The smallest absolute Gasteiger partial charge is 0.119 e. The Hall–Kier alpha value is -3.04. The van der Waals surface area contributed by atoms with Gasteiger partial charge in [-0.25, -0.2) is 0 Å². The zero-order valence-corrected chi connectivity index (χ0v) is 14.9. The molecule has 3 aromatic carbocycles. The van der Waals surface area contributed by atoms with Crippen LogP contribution in [0.1, 0.15) is 36.8 Å². The molecule has 3 aromatic rings. The van der Waals surface area contributed by atoms with E-state index < -0.39 is 13.2 Å². The van der Waals surface area contributed by atoms with E-state index in [9.17, 15) is 5.11 Å². The van der Waals surface area contributed by atoms with Crippen LogP contribution in [0.4, 0.5) is 0 Å². The monoisotopic (exact) mass is 364 g/mol. The van der Waals surface area contributed by atoms with Gasteiger partial charge in [0.15, 0.2) is 0 Å². The molecule has 0 atom stereocenters. The van der Waals surface area contributed by atoms with Crippen LogP contribution in [-0.2, 0) is 0 Å². The summed E-state index contributed by atoms with van der Waals surface area (Å²) in [7, 11) is 0. The van der Waals surface area contributed by atoms with Crippen LogP contribution in [0.2, 0.25) is 0 Å². The molecular weight excluding hydrogens is 334 g/mol. The second kappa shape index (κ2) is 9.06. The fraction of sp³-hybridized carbons (Fsp3) is 0.167. The Kier molecular flexibility index (Phi) is 4.42. The van der Waals surface area contributed by atoms with Gasteiger partial charge in [0.2, 0.25) is 0 Å². The summed E-state index contributed by atoms with van der Waals surface area (Å²) in [5.41, 5.74) is 7.59. The van der Waals surface area contributed by atoms with Gasteiger partial charge in [0, 0.05) is 13.4 Å². The van der Waals surface area contributed by atoms with Crippen LogP contribution in [-0.4, -0.2) is 18.3 Å². The van der Waals surface area contributed by atoms with Crippen LogP contribution in [0.15, 0.2) is 78.9 Å². The lowest BCUT2D eigenvalue weighted by atomic mass is 9.88. The van der Waals surface area contributed by atoms with Crippen LogP contribution in [0.25, 0.3) is 11.1 Å². The number of rotatable bonds is 7. The summed E-state index contributed by atoms with van der Waals surface area (Å²) in [6.45, 7) is -2.18. The molecule has 0 saturated carbocycles. The molecule has 138 valence electrons. The maximum absolute atomic E-state index is 9.77. The van der Waals surface area contributed by atoms with Crippen molar-refractivity contribution in [3.8, 4) is 11.5 Å². The van der Waals surface area contributed by atoms with Gasteiger partial charge >= 0.3 is 0 Å². The van der Waals surface area contributed by atoms with Gasteiger partial charge in [-0.2, -0.15) is 0 Å². The number of phenolic OH excluding ortho intramolecular Hbond substituents is 1. The van der Waals surface area contributed by atoms with Crippen molar-refractivity contribution in [3.05, 3.63) is 95.6 Å². The number of benzene rings is 3. The van der Waals surface area contributed by atoms with Gasteiger partial charge in [0.05, 0.1) is 0 Å².